The summed E-state index contributed by atoms with van der Waals surface area (Å²) >= 11 is 1.31. The molecule has 2 N–H and O–H groups in total. The Morgan fingerprint density at radius 2 is 2.25 bits per heavy atom. The van der Waals surface area contributed by atoms with E-state index >= 15 is 0 Å². The van der Waals surface area contributed by atoms with E-state index in [9.17, 15) is 14.4 Å². The van der Waals surface area contributed by atoms with Crippen molar-refractivity contribution in [3.8, 4) is 0 Å². The van der Waals surface area contributed by atoms with Crippen LogP contribution in [-0.4, -0.2) is 29.3 Å². The minimum absolute atomic E-state index is 0.228. The van der Waals surface area contributed by atoms with Crippen LogP contribution in [0.15, 0.2) is 12.1 Å². The first-order valence-corrected chi connectivity index (χ1v) is 5.38. The Morgan fingerprint density at radius 1 is 1.56 bits per heavy atom. The number of rotatable bonds is 6. The largest absolute Gasteiger partial charge is 0.480 e. The second-order valence-corrected chi connectivity index (χ2v) is 4.50. The molecule has 0 aliphatic heterocycles. The molecular weight excluding hydrogens is 230 g/mol. The molecule has 0 saturated carbocycles. The van der Waals surface area contributed by atoms with Crippen LogP contribution in [0.3, 0.4) is 0 Å². The van der Waals surface area contributed by atoms with Gasteiger partial charge in [-0.1, -0.05) is 0 Å². The van der Waals surface area contributed by atoms with Crippen molar-refractivity contribution in [3.63, 3.8) is 0 Å². The summed E-state index contributed by atoms with van der Waals surface area (Å²) in [5.41, 5.74) is 0. The summed E-state index contributed by atoms with van der Waals surface area (Å²) in [5, 5.41) is 10.8. The highest BCUT2D eigenvalue weighted by molar-refractivity contribution is 7.14. The molecule has 1 heterocycles. The van der Waals surface area contributed by atoms with E-state index in [4.69, 9.17) is 5.11 Å². The molecule has 0 bridgehead atoms. The van der Waals surface area contributed by atoms with Gasteiger partial charge in [-0.2, -0.15) is 0 Å². The number of aryl methyl sites for hydroxylation is 1. The lowest BCUT2D eigenvalue weighted by molar-refractivity contribution is -0.140. The summed E-state index contributed by atoms with van der Waals surface area (Å²) < 4.78 is 0. The van der Waals surface area contributed by atoms with Gasteiger partial charge in [0.25, 0.3) is 0 Å². The van der Waals surface area contributed by atoms with Crippen LogP contribution in [0.1, 0.15) is 21.0 Å². The normalized spacial score (nSPS) is 11.8. The number of hydrogen-bond acceptors (Lipinski definition) is 4. The number of carboxylic acids is 1. The van der Waals surface area contributed by atoms with E-state index in [0.717, 1.165) is 4.88 Å². The molecule has 1 unspecified atom stereocenters. The van der Waals surface area contributed by atoms with Crippen molar-refractivity contribution in [1.29, 1.82) is 0 Å². The molecule has 16 heavy (non-hydrogen) atoms. The third kappa shape index (κ3) is 3.16. The molecule has 6 heteroatoms. The predicted molar refractivity (Wildman–Crippen MR) is 58.6 cm³/mol. The van der Waals surface area contributed by atoms with Gasteiger partial charge in [-0.15, -0.1) is 11.3 Å². The SMILES string of the molecule is Cc1ccc(C(=O)CC(NC=O)C(=O)O)s1. The fourth-order valence-corrected chi connectivity index (χ4v) is 1.99. The van der Waals surface area contributed by atoms with Gasteiger partial charge < -0.3 is 10.4 Å². The van der Waals surface area contributed by atoms with Crippen LogP contribution in [0.5, 0.6) is 0 Å². The van der Waals surface area contributed by atoms with E-state index in [1.54, 1.807) is 12.1 Å². The van der Waals surface area contributed by atoms with Crippen LogP contribution < -0.4 is 5.32 Å². The minimum atomic E-state index is -1.21. The van der Waals surface area contributed by atoms with Gasteiger partial charge in [-0.3, -0.25) is 9.59 Å². The lowest BCUT2D eigenvalue weighted by atomic mass is 10.1. The Bertz CT molecular complexity index is 413. The number of aliphatic carboxylic acids is 1. The maximum absolute atomic E-state index is 11.6. The maximum Gasteiger partial charge on any atom is 0.326 e. The van der Waals surface area contributed by atoms with Crippen molar-refractivity contribution in [2.75, 3.05) is 0 Å². The van der Waals surface area contributed by atoms with Crippen LogP contribution in [0.2, 0.25) is 0 Å². The van der Waals surface area contributed by atoms with Gasteiger partial charge >= 0.3 is 5.97 Å². The Morgan fingerprint density at radius 3 is 2.69 bits per heavy atom. The Kier molecular flexibility index (Phi) is 4.19. The first-order valence-electron chi connectivity index (χ1n) is 4.56. The van der Waals surface area contributed by atoms with E-state index in [1.807, 2.05) is 6.92 Å². The molecule has 0 fully saturated rings. The van der Waals surface area contributed by atoms with Crippen LogP contribution in [0, 0.1) is 6.92 Å². The topological polar surface area (TPSA) is 83.5 Å². The summed E-state index contributed by atoms with van der Waals surface area (Å²) in [6.45, 7) is 1.86. The Labute approximate surface area is 96.1 Å². The van der Waals surface area contributed by atoms with Gasteiger partial charge in [-0.25, -0.2) is 4.79 Å². The standard InChI is InChI=1S/C10H11NO4S/c1-6-2-3-9(16-6)8(13)4-7(10(14)15)11-5-12/h2-3,5,7H,4H2,1H3,(H,11,12)(H,14,15). The van der Waals surface area contributed by atoms with Crippen molar-refractivity contribution in [3.05, 3.63) is 21.9 Å². The fourth-order valence-electron chi connectivity index (χ4n) is 1.17. The summed E-state index contributed by atoms with van der Waals surface area (Å²) in [5.74, 6) is -1.49. The molecule has 1 atom stereocenters. The highest BCUT2D eigenvalue weighted by atomic mass is 32.1. The predicted octanol–water partition coefficient (Wildman–Crippen LogP) is 0.829. The van der Waals surface area contributed by atoms with Crippen molar-refractivity contribution >= 4 is 29.5 Å². The molecular formula is C10H11NO4S. The quantitative estimate of drug-likeness (QED) is 0.570. The van der Waals surface area contributed by atoms with Crippen LogP contribution in [0.25, 0.3) is 0 Å². The van der Waals surface area contributed by atoms with Crippen LogP contribution >= 0.6 is 11.3 Å². The number of thiophene rings is 1. The second-order valence-electron chi connectivity index (χ2n) is 3.21. The van der Waals surface area contributed by atoms with E-state index in [0.29, 0.717) is 4.88 Å². The van der Waals surface area contributed by atoms with E-state index in [2.05, 4.69) is 5.32 Å². The van der Waals surface area contributed by atoms with Gasteiger partial charge in [0.2, 0.25) is 6.41 Å². The smallest absolute Gasteiger partial charge is 0.326 e. The van der Waals surface area contributed by atoms with Gasteiger partial charge in [0, 0.05) is 11.3 Å². The maximum atomic E-state index is 11.6. The molecule has 0 spiro atoms. The second kappa shape index (κ2) is 5.41. The molecule has 1 rings (SSSR count). The Hall–Kier alpha value is -1.69. The number of carboxylic acid groups (broad SMARTS) is 1. The van der Waals surface area contributed by atoms with Crippen molar-refractivity contribution < 1.29 is 19.5 Å². The zero-order valence-electron chi connectivity index (χ0n) is 8.60. The molecule has 0 aliphatic carbocycles. The van der Waals surface area contributed by atoms with Gasteiger partial charge in [0.05, 0.1) is 4.88 Å². The first kappa shape index (κ1) is 12.4. The summed E-state index contributed by atoms with van der Waals surface area (Å²) in [7, 11) is 0. The zero-order valence-corrected chi connectivity index (χ0v) is 9.41. The van der Waals surface area contributed by atoms with E-state index in [1.165, 1.54) is 11.3 Å². The average molecular weight is 241 g/mol. The number of nitrogens with one attached hydrogen (secondary N) is 1. The van der Waals surface area contributed by atoms with Crippen LogP contribution in [0.4, 0.5) is 0 Å². The highest BCUT2D eigenvalue weighted by Gasteiger charge is 2.21. The molecule has 0 aromatic carbocycles. The lowest BCUT2D eigenvalue weighted by Gasteiger charge is -2.08. The summed E-state index contributed by atoms with van der Waals surface area (Å²) in [4.78, 5) is 34.0. The fraction of sp³-hybridized carbons (Fsp3) is 0.300. The third-order valence-electron chi connectivity index (χ3n) is 1.97. The molecule has 0 radical (unpaired) electrons. The number of Topliss-reactive ketones (excluding diaryl/α,β-unsaturated/α-hetero) is 1. The molecule has 1 amide bonds. The highest BCUT2D eigenvalue weighted by Crippen LogP contribution is 2.17. The van der Waals surface area contributed by atoms with Crippen molar-refractivity contribution in [2.24, 2.45) is 0 Å². The molecule has 0 aliphatic rings. The third-order valence-corrected chi connectivity index (χ3v) is 3.01. The number of ketones is 1. The molecule has 86 valence electrons. The Balaban J connectivity index is 2.68. The van der Waals surface area contributed by atoms with E-state index < -0.39 is 12.0 Å². The van der Waals surface area contributed by atoms with Crippen molar-refractivity contribution in [2.45, 2.75) is 19.4 Å². The van der Waals surface area contributed by atoms with E-state index in [-0.39, 0.29) is 18.6 Å². The molecule has 5 nitrogen and oxygen atoms in total. The number of amides is 1. The number of carbonyl (C=O) groups excluding carboxylic acids is 2. The summed E-state index contributed by atoms with van der Waals surface area (Å²) in [6.07, 6.45) is 0.0553. The average Bonchev–Trinajstić information content (AvgIpc) is 2.64. The van der Waals surface area contributed by atoms with Gasteiger partial charge in [0.15, 0.2) is 5.78 Å². The molecule has 1 aromatic heterocycles. The van der Waals surface area contributed by atoms with Gasteiger partial charge in [-0.05, 0) is 19.1 Å². The molecule has 0 saturated heterocycles. The van der Waals surface area contributed by atoms with Crippen LogP contribution in [-0.2, 0) is 9.59 Å². The number of hydrogen-bond donors (Lipinski definition) is 2. The van der Waals surface area contributed by atoms with Crippen molar-refractivity contribution in [1.82, 2.24) is 5.32 Å². The summed E-state index contributed by atoms with van der Waals surface area (Å²) in [6, 6.07) is 2.29. The zero-order chi connectivity index (χ0) is 12.1. The number of carbonyl (C=O) groups is 3. The molecule has 1 aromatic rings. The monoisotopic (exact) mass is 241 g/mol. The minimum Gasteiger partial charge on any atom is -0.480 e. The first-order chi connectivity index (χ1) is 7.54. The van der Waals surface area contributed by atoms with Gasteiger partial charge in [0.1, 0.15) is 6.04 Å². The lowest BCUT2D eigenvalue weighted by Crippen LogP contribution is -2.37.